The van der Waals surface area contributed by atoms with E-state index in [9.17, 15) is 9.59 Å². The van der Waals surface area contributed by atoms with Crippen LogP contribution in [-0.4, -0.2) is 24.9 Å². The van der Waals surface area contributed by atoms with Crippen molar-refractivity contribution in [2.24, 2.45) is 0 Å². The predicted octanol–water partition coefficient (Wildman–Crippen LogP) is 3.31. The lowest BCUT2D eigenvalue weighted by molar-refractivity contribution is -0.118. The summed E-state index contributed by atoms with van der Waals surface area (Å²) in [5, 5.41) is 2.68. The van der Waals surface area contributed by atoms with Gasteiger partial charge in [-0.05, 0) is 50.2 Å². The van der Waals surface area contributed by atoms with E-state index in [1.54, 1.807) is 48.5 Å². The highest BCUT2D eigenvalue weighted by Crippen LogP contribution is 2.18. The number of amides is 1. The summed E-state index contributed by atoms with van der Waals surface area (Å²) in [4.78, 5) is 23.5. The van der Waals surface area contributed by atoms with Crippen molar-refractivity contribution < 1.29 is 19.1 Å². The second kappa shape index (κ2) is 7.98. The minimum Gasteiger partial charge on any atom is -0.494 e. The third kappa shape index (κ3) is 4.85. The largest absolute Gasteiger partial charge is 0.494 e. The quantitative estimate of drug-likeness (QED) is 0.797. The summed E-state index contributed by atoms with van der Waals surface area (Å²) in [7, 11) is 0. The summed E-state index contributed by atoms with van der Waals surface area (Å²) < 4.78 is 10.8. The minimum atomic E-state index is -0.326. The van der Waals surface area contributed by atoms with Crippen molar-refractivity contribution >= 4 is 17.4 Å². The highest BCUT2D eigenvalue weighted by Gasteiger charge is 2.10. The summed E-state index contributed by atoms with van der Waals surface area (Å²) in [6.07, 6.45) is 0. The van der Waals surface area contributed by atoms with E-state index < -0.39 is 0 Å². The van der Waals surface area contributed by atoms with Crippen molar-refractivity contribution in [3.63, 3.8) is 0 Å². The maximum absolute atomic E-state index is 12.0. The Morgan fingerprint density at radius 1 is 0.957 bits per heavy atom. The number of ketones is 1. The third-order valence-corrected chi connectivity index (χ3v) is 3.09. The van der Waals surface area contributed by atoms with E-state index in [2.05, 4.69) is 5.32 Å². The molecule has 2 aromatic carbocycles. The molecule has 0 heterocycles. The molecule has 0 saturated carbocycles. The Hall–Kier alpha value is -2.82. The highest BCUT2D eigenvalue weighted by atomic mass is 16.5. The fourth-order valence-electron chi connectivity index (χ4n) is 2.03. The molecule has 0 fully saturated rings. The first-order valence-electron chi connectivity index (χ1n) is 7.35. The summed E-state index contributed by atoms with van der Waals surface area (Å²) >= 11 is 0. The molecule has 5 heteroatoms. The first-order chi connectivity index (χ1) is 11.1. The molecule has 0 atom stereocenters. The first-order valence-corrected chi connectivity index (χ1v) is 7.35. The van der Waals surface area contributed by atoms with Gasteiger partial charge < -0.3 is 14.8 Å². The number of hydrogen-bond donors (Lipinski definition) is 1. The monoisotopic (exact) mass is 313 g/mol. The number of hydrogen-bond acceptors (Lipinski definition) is 4. The van der Waals surface area contributed by atoms with E-state index in [4.69, 9.17) is 9.47 Å². The SMILES string of the molecule is CCOc1ccc(OCC(=O)Nc2ccccc2C(C)=O)cc1. The number of benzene rings is 2. The normalized spacial score (nSPS) is 10.0. The average Bonchev–Trinajstić information content (AvgIpc) is 2.55. The molecular formula is C18H19NO4. The number of ether oxygens (including phenoxy) is 2. The number of para-hydroxylation sites is 1. The van der Waals surface area contributed by atoms with E-state index >= 15 is 0 Å². The standard InChI is InChI=1S/C18H19NO4/c1-3-22-14-8-10-15(11-9-14)23-12-18(21)19-17-7-5-4-6-16(17)13(2)20/h4-11H,3,12H2,1-2H3,(H,19,21). The summed E-state index contributed by atoms with van der Waals surface area (Å²) in [6, 6.07) is 13.9. The van der Waals surface area contributed by atoms with Crippen LogP contribution in [0.3, 0.4) is 0 Å². The van der Waals surface area contributed by atoms with Crippen LogP contribution in [0.15, 0.2) is 48.5 Å². The van der Waals surface area contributed by atoms with Gasteiger partial charge in [0.2, 0.25) is 0 Å². The first kappa shape index (κ1) is 16.5. The summed E-state index contributed by atoms with van der Waals surface area (Å²) in [5.74, 6) is 0.893. The molecule has 2 aromatic rings. The molecule has 0 spiro atoms. The van der Waals surface area contributed by atoms with E-state index in [1.165, 1.54) is 6.92 Å². The fourth-order valence-corrected chi connectivity index (χ4v) is 2.03. The van der Waals surface area contributed by atoms with E-state index in [-0.39, 0.29) is 18.3 Å². The van der Waals surface area contributed by atoms with Gasteiger partial charge in [-0.1, -0.05) is 12.1 Å². The Morgan fingerprint density at radius 3 is 2.17 bits per heavy atom. The van der Waals surface area contributed by atoms with Crippen molar-refractivity contribution in [2.45, 2.75) is 13.8 Å². The molecule has 23 heavy (non-hydrogen) atoms. The molecule has 0 radical (unpaired) electrons. The van der Waals surface area contributed by atoms with Gasteiger partial charge in [-0.15, -0.1) is 0 Å². The second-order valence-electron chi connectivity index (χ2n) is 4.84. The van der Waals surface area contributed by atoms with Crippen LogP contribution in [0.1, 0.15) is 24.2 Å². The molecule has 2 rings (SSSR count). The fraction of sp³-hybridized carbons (Fsp3) is 0.222. The van der Waals surface area contributed by atoms with Crippen molar-refractivity contribution in [3.8, 4) is 11.5 Å². The molecule has 1 N–H and O–H groups in total. The molecule has 1 amide bonds. The molecule has 120 valence electrons. The Balaban J connectivity index is 1.91. The lowest BCUT2D eigenvalue weighted by Gasteiger charge is -2.10. The minimum absolute atomic E-state index is 0.103. The van der Waals surface area contributed by atoms with Crippen LogP contribution in [0.5, 0.6) is 11.5 Å². The van der Waals surface area contributed by atoms with Gasteiger partial charge in [-0.3, -0.25) is 9.59 Å². The zero-order valence-electron chi connectivity index (χ0n) is 13.2. The highest BCUT2D eigenvalue weighted by molar-refractivity contribution is 6.03. The molecular weight excluding hydrogens is 294 g/mol. The van der Waals surface area contributed by atoms with Gasteiger partial charge in [0.25, 0.3) is 5.91 Å². The van der Waals surface area contributed by atoms with Crippen LogP contribution >= 0.6 is 0 Å². The smallest absolute Gasteiger partial charge is 0.262 e. The molecule has 0 aromatic heterocycles. The van der Waals surface area contributed by atoms with Gasteiger partial charge in [0.1, 0.15) is 11.5 Å². The van der Waals surface area contributed by atoms with Gasteiger partial charge in [0.05, 0.1) is 12.3 Å². The molecule has 0 bridgehead atoms. The zero-order chi connectivity index (χ0) is 16.7. The van der Waals surface area contributed by atoms with Crippen molar-refractivity contribution in [1.82, 2.24) is 0 Å². The van der Waals surface area contributed by atoms with Crippen LogP contribution in [0, 0.1) is 0 Å². The zero-order valence-corrected chi connectivity index (χ0v) is 13.2. The molecule has 0 aliphatic rings. The Labute approximate surface area is 135 Å². The topological polar surface area (TPSA) is 64.6 Å². The van der Waals surface area contributed by atoms with E-state index in [1.807, 2.05) is 6.92 Å². The summed E-state index contributed by atoms with van der Waals surface area (Å²) in [5.41, 5.74) is 0.960. The van der Waals surface area contributed by atoms with E-state index in [0.29, 0.717) is 23.6 Å². The van der Waals surface area contributed by atoms with Crippen molar-refractivity contribution in [3.05, 3.63) is 54.1 Å². The molecule has 0 unspecified atom stereocenters. The van der Waals surface area contributed by atoms with Gasteiger partial charge in [0.15, 0.2) is 12.4 Å². The van der Waals surface area contributed by atoms with Gasteiger partial charge in [-0.25, -0.2) is 0 Å². The number of carbonyl (C=O) groups is 2. The number of rotatable bonds is 7. The van der Waals surface area contributed by atoms with Crippen LogP contribution in [0.25, 0.3) is 0 Å². The number of nitrogens with one attached hydrogen (secondary N) is 1. The Morgan fingerprint density at radius 2 is 1.57 bits per heavy atom. The molecule has 5 nitrogen and oxygen atoms in total. The van der Waals surface area contributed by atoms with Gasteiger partial charge in [-0.2, -0.15) is 0 Å². The second-order valence-corrected chi connectivity index (χ2v) is 4.84. The average molecular weight is 313 g/mol. The van der Waals surface area contributed by atoms with Crippen LogP contribution in [-0.2, 0) is 4.79 Å². The molecule has 0 saturated heterocycles. The van der Waals surface area contributed by atoms with Gasteiger partial charge in [0, 0.05) is 5.56 Å². The van der Waals surface area contributed by atoms with Crippen LogP contribution < -0.4 is 14.8 Å². The van der Waals surface area contributed by atoms with E-state index in [0.717, 1.165) is 5.75 Å². The third-order valence-electron chi connectivity index (χ3n) is 3.09. The molecule has 0 aliphatic heterocycles. The molecule has 0 aliphatic carbocycles. The Bertz CT molecular complexity index is 680. The number of Topliss-reactive ketones (excluding diaryl/α,β-unsaturated/α-hetero) is 1. The number of anilines is 1. The Kier molecular flexibility index (Phi) is 5.74. The van der Waals surface area contributed by atoms with Crippen LogP contribution in [0.2, 0.25) is 0 Å². The maximum atomic E-state index is 12.0. The number of carbonyl (C=O) groups excluding carboxylic acids is 2. The lowest BCUT2D eigenvalue weighted by Crippen LogP contribution is -2.21. The predicted molar refractivity (Wildman–Crippen MR) is 88.2 cm³/mol. The van der Waals surface area contributed by atoms with Crippen LogP contribution in [0.4, 0.5) is 5.69 Å². The lowest BCUT2D eigenvalue weighted by atomic mass is 10.1. The van der Waals surface area contributed by atoms with Gasteiger partial charge >= 0.3 is 0 Å². The van der Waals surface area contributed by atoms with Crippen molar-refractivity contribution in [1.29, 1.82) is 0 Å². The maximum Gasteiger partial charge on any atom is 0.262 e. The van der Waals surface area contributed by atoms with Crippen molar-refractivity contribution in [2.75, 3.05) is 18.5 Å². The summed E-state index contributed by atoms with van der Waals surface area (Å²) in [6.45, 7) is 3.83.